The molecule has 1 heterocycles. The molecule has 1 aliphatic heterocycles. The van der Waals surface area contributed by atoms with Gasteiger partial charge in [0.2, 0.25) is 0 Å². The number of urea groups is 1. The number of nitro groups is 1. The van der Waals surface area contributed by atoms with E-state index in [1.165, 1.54) is 11.6 Å². The number of nitrogens with one attached hydrogen (secondary N) is 2. The lowest BCUT2D eigenvalue weighted by molar-refractivity contribution is -0.384. The van der Waals surface area contributed by atoms with Crippen molar-refractivity contribution in [3.05, 3.63) is 57.1 Å². The Morgan fingerprint density at radius 2 is 1.83 bits per heavy atom. The number of hydrogen-bond acceptors (Lipinski definition) is 6. The molecule has 2 N–H and O–H groups in total. The van der Waals surface area contributed by atoms with E-state index in [-0.39, 0.29) is 28.9 Å². The van der Waals surface area contributed by atoms with Gasteiger partial charge in [-0.15, -0.1) is 0 Å². The van der Waals surface area contributed by atoms with Gasteiger partial charge in [-0.1, -0.05) is 6.07 Å². The summed E-state index contributed by atoms with van der Waals surface area (Å²) in [5.74, 6) is 1.44. The van der Waals surface area contributed by atoms with Crippen LogP contribution >= 0.6 is 0 Å². The van der Waals surface area contributed by atoms with Crippen LogP contribution in [0.25, 0.3) is 0 Å². The Bertz CT molecular complexity index is 1140. The average Bonchev–Trinajstić information content (AvgIpc) is 3.17. The molecule has 0 unspecified atom stereocenters. The van der Waals surface area contributed by atoms with Crippen molar-refractivity contribution >= 4 is 17.4 Å². The molecular formula is C26H34N4O5. The SMILES string of the molecule is COc1ccc([C@@]23CC[C@H](NC(=O)Nc4cc(C)c(C)cc4[N+](=O)[O-])C[C@H]2N(C)CC3)cc1OC. The van der Waals surface area contributed by atoms with Crippen molar-refractivity contribution in [1.82, 2.24) is 10.2 Å². The zero-order valence-electron chi connectivity index (χ0n) is 21.0. The van der Waals surface area contributed by atoms with Crippen molar-refractivity contribution in [2.24, 2.45) is 0 Å². The summed E-state index contributed by atoms with van der Waals surface area (Å²) in [6, 6.07) is 9.15. The van der Waals surface area contributed by atoms with E-state index in [2.05, 4.69) is 34.7 Å². The maximum atomic E-state index is 12.8. The maximum Gasteiger partial charge on any atom is 0.319 e. The summed E-state index contributed by atoms with van der Waals surface area (Å²) in [4.78, 5) is 26.2. The molecule has 9 nitrogen and oxygen atoms in total. The van der Waals surface area contributed by atoms with Crippen LogP contribution < -0.4 is 20.1 Å². The van der Waals surface area contributed by atoms with Crippen LogP contribution in [0.2, 0.25) is 0 Å². The second-order valence-corrected chi connectivity index (χ2v) is 9.75. The number of likely N-dealkylation sites (N-methyl/N-ethyl adjacent to an activating group) is 1. The zero-order valence-corrected chi connectivity index (χ0v) is 21.0. The third-order valence-corrected chi connectivity index (χ3v) is 7.88. The van der Waals surface area contributed by atoms with Crippen LogP contribution in [0, 0.1) is 24.0 Å². The summed E-state index contributed by atoms with van der Waals surface area (Å²) in [5.41, 5.74) is 3.02. The number of nitro benzene ring substituents is 1. The molecule has 35 heavy (non-hydrogen) atoms. The Kier molecular flexibility index (Phi) is 6.89. The summed E-state index contributed by atoms with van der Waals surface area (Å²) >= 11 is 0. The number of amides is 2. The fourth-order valence-electron chi connectivity index (χ4n) is 5.79. The summed E-state index contributed by atoms with van der Waals surface area (Å²) in [6.45, 7) is 4.66. The van der Waals surface area contributed by atoms with E-state index < -0.39 is 11.0 Å². The van der Waals surface area contributed by atoms with Gasteiger partial charge >= 0.3 is 6.03 Å². The fourth-order valence-corrected chi connectivity index (χ4v) is 5.79. The average molecular weight is 483 g/mol. The van der Waals surface area contributed by atoms with E-state index in [1.807, 2.05) is 19.9 Å². The fraction of sp³-hybridized carbons (Fsp3) is 0.500. The van der Waals surface area contributed by atoms with E-state index in [4.69, 9.17) is 9.47 Å². The van der Waals surface area contributed by atoms with Crippen LogP contribution in [-0.4, -0.2) is 55.8 Å². The molecule has 4 rings (SSSR count). The summed E-state index contributed by atoms with van der Waals surface area (Å²) in [5, 5.41) is 17.3. The van der Waals surface area contributed by atoms with E-state index in [1.54, 1.807) is 20.3 Å². The molecule has 2 aromatic carbocycles. The highest BCUT2D eigenvalue weighted by atomic mass is 16.6. The van der Waals surface area contributed by atoms with Crippen molar-refractivity contribution in [3.63, 3.8) is 0 Å². The Morgan fingerprint density at radius 3 is 2.51 bits per heavy atom. The van der Waals surface area contributed by atoms with Crippen LogP contribution in [-0.2, 0) is 5.41 Å². The third-order valence-electron chi connectivity index (χ3n) is 7.88. The minimum atomic E-state index is -0.465. The lowest BCUT2D eigenvalue weighted by Crippen LogP contribution is -2.52. The Morgan fingerprint density at radius 1 is 1.11 bits per heavy atom. The molecule has 9 heteroatoms. The van der Waals surface area contributed by atoms with Crippen LogP contribution in [0.5, 0.6) is 11.5 Å². The number of carbonyl (C=O) groups excluding carboxylic acids is 1. The first-order chi connectivity index (χ1) is 16.7. The predicted octanol–water partition coefficient (Wildman–Crippen LogP) is 4.54. The van der Waals surface area contributed by atoms with Gasteiger partial charge in [-0.3, -0.25) is 10.1 Å². The number of rotatable bonds is 6. The standard InChI is InChI=1S/C26H34N4O5/c1-16-12-20(21(30(32)33)13-17(16)2)28-25(31)27-19-8-9-26(10-11-29(3)24(26)15-19)18-6-7-22(34-4)23(14-18)35-5/h6-7,12-14,19,24H,8-11,15H2,1-5H3,(H2,27,28,31)/t19-,24+,26-/m0/s1. The van der Waals surface area contributed by atoms with Gasteiger partial charge in [0.15, 0.2) is 11.5 Å². The molecule has 1 saturated carbocycles. The second kappa shape index (κ2) is 9.73. The number of fused-ring (bicyclic) bond motifs is 1. The molecule has 3 atom stereocenters. The van der Waals surface area contributed by atoms with Crippen LogP contribution in [0.3, 0.4) is 0 Å². The molecule has 0 aromatic heterocycles. The molecule has 0 radical (unpaired) electrons. The Balaban J connectivity index is 1.50. The van der Waals surface area contributed by atoms with Crippen molar-refractivity contribution in [2.45, 2.75) is 57.0 Å². The van der Waals surface area contributed by atoms with Gasteiger partial charge in [0, 0.05) is 23.6 Å². The number of likely N-dealkylation sites (tertiary alicyclic amines) is 1. The number of methoxy groups -OCH3 is 2. The van der Waals surface area contributed by atoms with Gasteiger partial charge in [-0.05, 0) is 88.0 Å². The van der Waals surface area contributed by atoms with E-state index >= 15 is 0 Å². The first kappa shape index (κ1) is 24.8. The number of ether oxygens (including phenoxy) is 2. The molecule has 0 bridgehead atoms. The number of aryl methyl sites for hydroxylation is 2. The lowest BCUT2D eigenvalue weighted by Gasteiger charge is -2.45. The molecule has 2 fully saturated rings. The van der Waals surface area contributed by atoms with Crippen LogP contribution in [0.1, 0.15) is 42.4 Å². The maximum absolute atomic E-state index is 12.8. The van der Waals surface area contributed by atoms with Crippen molar-refractivity contribution in [3.8, 4) is 11.5 Å². The molecule has 1 aliphatic carbocycles. The quantitative estimate of drug-likeness (QED) is 0.462. The number of hydrogen-bond donors (Lipinski definition) is 2. The predicted molar refractivity (Wildman–Crippen MR) is 135 cm³/mol. The number of benzene rings is 2. The smallest absolute Gasteiger partial charge is 0.319 e. The largest absolute Gasteiger partial charge is 0.493 e. The van der Waals surface area contributed by atoms with Gasteiger partial charge in [0.1, 0.15) is 5.69 Å². The number of carbonyl (C=O) groups is 1. The van der Waals surface area contributed by atoms with Crippen molar-refractivity contribution in [1.29, 1.82) is 0 Å². The normalized spacial score (nSPS) is 23.9. The molecule has 2 aliphatic rings. The third kappa shape index (κ3) is 4.65. The van der Waals surface area contributed by atoms with Gasteiger partial charge in [0.05, 0.1) is 19.1 Å². The summed E-state index contributed by atoms with van der Waals surface area (Å²) < 4.78 is 11.0. The second-order valence-electron chi connectivity index (χ2n) is 9.75. The summed E-state index contributed by atoms with van der Waals surface area (Å²) in [7, 11) is 5.42. The monoisotopic (exact) mass is 482 g/mol. The van der Waals surface area contributed by atoms with Gasteiger partial charge in [-0.2, -0.15) is 0 Å². The molecule has 2 aromatic rings. The minimum Gasteiger partial charge on any atom is -0.493 e. The van der Waals surface area contributed by atoms with Crippen molar-refractivity contribution in [2.75, 3.05) is 33.1 Å². The molecule has 188 valence electrons. The molecule has 0 spiro atoms. The molecule has 1 saturated heterocycles. The highest BCUT2D eigenvalue weighted by Gasteiger charge is 2.50. The highest BCUT2D eigenvalue weighted by Crippen LogP contribution is 2.49. The summed E-state index contributed by atoms with van der Waals surface area (Å²) in [6.07, 6.45) is 3.58. The Labute approximate surface area is 205 Å². The molecule has 2 amide bonds. The van der Waals surface area contributed by atoms with Gasteiger partial charge < -0.3 is 25.0 Å². The lowest BCUT2D eigenvalue weighted by atomic mass is 9.65. The van der Waals surface area contributed by atoms with Crippen LogP contribution in [0.4, 0.5) is 16.2 Å². The first-order valence-corrected chi connectivity index (χ1v) is 11.9. The topological polar surface area (TPSA) is 106 Å². The van der Waals surface area contributed by atoms with Gasteiger partial charge in [-0.25, -0.2) is 4.79 Å². The van der Waals surface area contributed by atoms with E-state index in [0.717, 1.165) is 49.1 Å². The zero-order chi connectivity index (χ0) is 25.3. The van der Waals surface area contributed by atoms with Gasteiger partial charge in [0.25, 0.3) is 5.69 Å². The minimum absolute atomic E-state index is 0.0180. The van der Waals surface area contributed by atoms with Crippen molar-refractivity contribution < 1.29 is 19.2 Å². The van der Waals surface area contributed by atoms with E-state index in [0.29, 0.717) is 5.75 Å². The van der Waals surface area contributed by atoms with Crippen LogP contribution in [0.15, 0.2) is 30.3 Å². The number of anilines is 1. The van der Waals surface area contributed by atoms with E-state index in [9.17, 15) is 14.9 Å². The Hall–Kier alpha value is -3.33. The number of nitrogens with zero attached hydrogens (tertiary/aromatic N) is 2. The molecular weight excluding hydrogens is 448 g/mol. The highest BCUT2D eigenvalue weighted by molar-refractivity contribution is 5.92. The first-order valence-electron chi connectivity index (χ1n) is 11.9.